The molecule has 7 heteroatoms. The minimum absolute atomic E-state index is 0. The molecule has 4 unspecified atom stereocenters. The molecule has 2 bridgehead atoms. The van der Waals surface area contributed by atoms with Crippen molar-refractivity contribution in [2.45, 2.75) is 45.6 Å². The fraction of sp³-hybridized carbons (Fsp3) is 0.733. The second-order valence-electron chi connectivity index (χ2n) is 6.23. The molecule has 2 saturated carbocycles. The number of amides is 1. The number of aromatic nitrogens is 1. The van der Waals surface area contributed by atoms with Crippen molar-refractivity contribution in [3.8, 4) is 0 Å². The molecule has 0 aromatic carbocycles. The van der Waals surface area contributed by atoms with Gasteiger partial charge in [-0.3, -0.25) is 4.79 Å². The van der Waals surface area contributed by atoms with Crippen LogP contribution in [0.1, 0.15) is 34.8 Å². The molecule has 2 aliphatic carbocycles. The first-order valence-corrected chi connectivity index (χ1v) is 8.34. The number of rotatable bonds is 4. The molecule has 3 rings (SSSR count). The van der Waals surface area contributed by atoms with Gasteiger partial charge in [0.25, 0.3) is 0 Å². The maximum Gasteiger partial charge on any atom is 0.224 e. The molecule has 0 spiro atoms. The molecule has 1 aromatic heterocycles. The molecule has 22 heavy (non-hydrogen) atoms. The molecule has 4 atom stereocenters. The van der Waals surface area contributed by atoms with Crippen molar-refractivity contribution < 1.29 is 4.79 Å². The van der Waals surface area contributed by atoms with E-state index in [2.05, 4.69) is 17.2 Å². The Labute approximate surface area is 148 Å². The van der Waals surface area contributed by atoms with E-state index in [4.69, 9.17) is 5.73 Å². The molecular weight excluding hydrogens is 341 g/mol. The number of hydrogen-bond donors (Lipinski definition) is 2. The van der Waals surface area contributed by atoms with E-state index < -0.39 is 0 Å². The zero-order valence-electron chi connectivity index (χ0n) is 13.0. The van der Waals surface area contributed by atoms with Gasteiger partial charge in [0.2, 0.25) is 5.91 Å². The number of carbonyl (C=O) groups excluding carboxylic acids is 1. The van der Waals surface area contributed by atoms with Gasteiger partial charge in [0.05, 0.1) is 16.6 Å². The molecule has 126 valence electrons. The summed E-state index contributed by atoms with van der Waals surface area (Å²) in [7, 11) is 0. The molecule has 0 aliphatic heterocycles. The highest BCUT2D eigenvalue weighted by Crippen LogP contribution is 2.47. The van der Waals surface area contributed by atoms with E-state index >= 15 is 0 Å². The summed E-state index contributed by atoms with van der Waals surface area (Å²) in [6, 6.07) is 0.0816. The summed E-state index contributed by atoms with van der Waals surface area (Å²) < 4.78 is 0. The van der Waals surface area contributed by atoms with Gasteiger partial charge < -0.3 is 11.1 Å². The molecule has 2 fully saturated rings. The summed E-state index contributed by atoms with van der Waals surface area (Å²) in [6.45, 7) is 4.79. The molecule has 4 nitrogen and oxygen atoms in total. The third kappa shape index (κ3) is 3.75. The van der Waals surface area contributed by atoms with Gasteiger partial charge in [-0.1, -0.05) is 0 Å². The van der Waals surface area contributed by atoms with Gasteiger partial charge in [0.15, 0.2) is 0 Å². The van der Waals surface area contributed by atoms with Crippen molar-refractivity contribution in [2.24, 2.45) is 23.5 Å². The van der Waals surface area contributed by atoms with Crippen LogP contribution >= 0.6 is 36.2 Å². The molecule has 1 amide bonds. The zero-order chi connectivity index (χ0) is 14.3. The fourth-order valence-electron chi connectivity index (χ4n) is 3.78. The smallest absolute Gasteiger partial charge is 0.224 e. The Kier molecular flexibility index (Phi) is 7.12. The predicted molar refractivity (Wildman–Crippen MR) is 95.1 cm³/mol. The van der Waals surface area contributed by atoms with Crippen LogP contribution in [0, 0.1) is 31.6 Å². The Bertz CT molecular complexity index is 501. The quantitative estimate of drug-likeness (QED) is 0.861. The third-order valence-corrected chi connectivity index (χ3v) is 6.13. The molecule has 0 radical (unpaired) electrons. The number of thiazole rings is 1. The average Bonchev–Trinajstić information content (AvgIpc) is 3.06. The first-order valence-electron chi connectivity index (χ1n) is 7.52. The summed E-state index contributed by atoms with van der Waals surface area (Å²) >= 11 is 1.72. The Balaban J connectivity index is 0.00000121. The minimum atomic E-state index is 0. The van der Waals surface area contributed by atoms with E-state index in [-0.39, 0.29) is 42.7 Å². The molecule has 0 saturated heterocycles. The number of fused-ring (bicyclic) bond motifs is 2. The van der Waals surface area contributed by atoms with Crippen molar-refractivity contribution in [3.63, 3.8) is 0 Å². The highest BCUT2D eigenvalue weighted by Gasteiger charge is 2.48. The molecule has 1 aromatic rings. The SMILES string of the molecule is Cc1nc(CCNC(=O)C2C3CCC(C3)C2N)sc1C.Cl.Cl. The van der Waals surface area contributed by atoms with E-state index in [9.17, 15) is 4.79 Å². The van der Waals surface area contributed by atoms with Crippen molar-refractivity contribution in [1.29, 1.82) is 0 Å². The van der Waals surface area contributed by atoms with Crippen LogP contribution in [0.5, 0.6) is 0 Å². The highest BCUT2D eigenvalue weighted by molar-refractivity contribution is 7.11. The summed E-state index contributed by atoms with van der Waals surface area (Å²) in [4.78, 5) is 18.1. The maximum absolute atomic E-state index is 12.3. The number of halogens is 2. The lowest BCUT2D eigenvalue weighted by Crippen LogP contribution is -2.45. The van der Waals surface area contributed by atoms with Crippen LogP contribution in [0.3, 0.4) is 0 Å². The van der Waals surface area contributed by atoms with Crippen molar-refractivity contribution in [1.82, 2.24) is 10.3 Å². The van der Waals surface area contributed by atoms with E-state index in [1.807, 2.05) is 6.92 Å². The molecule has 3 N–H and O–H groups in total. The Morgan fingerprint density at radius 3 is 2.55 bits per heavy atom. The standard InChI is InChI=1S/C15H23N3OS.2ClH/c1-8-9(2)20-12(18-8)5-6-17-15(19)13-10-3-4-11(7-10)14(13)16;;/h10-11,13-14H,3-7,16H2,1-2H3,(H,17,19);2*1H. The Morgan fingerprint density at radius 1 is 1.32 bits per heavy atom. The average molecular weight is 366 g/mol. The van der Waals surface area contributed by atoms with Crippen LogP contribution in [0.25, 0.3) is 0 Å². The van der Waals surface area contributed by atoms with Gasteiger partial charge >= 0.3 is 0 Å². The second kappa shape index (κ2) is 7.95. The van der Waals surface area contributed by atoms with Crippen LogP contribution in [0.4, 0.5) is 0 Å². The van der Waals surface area contributed by atoms with Crippen LogP contribution in [-0.2, 0) is 11.2 Å². The van der Waals surface area contributed by atoms with E-state index in [1.54, 1.807) is 11.3 Å². The lowest BCUT2D eigenvalue weighted by Gasteiger charge is -2.26. The second-order valence-corrected chi connectivity index (χ2v) is 7.51. The lowest BCUT2D eigenvalue weighted by molar-refractivity contribution is -0.127. The van der Waals surface area contributed by atoms with Gasteiger partial charge in [-0.15, -0.1) is 36.2 Å². The number of nitrogens with two attached hydrogens (primary N) is 1. The minimum Gasteiger partial charge on any atom is -0.355 e. The van der Waals surface area contributed by atoms with E-state index in [0.717, 1.165) is 23.5 Å². The van der Waals surface area contributed by atoms with Crippen molar-refractivity contribution >= 4 is 42.1 Å². The summed E-state index contributed by atoms with van der Waals surface area (Å²) in [5, 5.41) is 4.17. The predicted octanol–water partition coefficient (Wildman–Crippen LogP) is 2.64. The Morgan fingerprint density at radius 2 is 2.00 bits per heavy atom. The van der Waals surface area contributed by atoms with Crippen LogP contribution < -0.4 is 11.1 Å². The lowest BCUT2D eigenvalue weighted by atomic mass is 9.84. The van der Waals surface area contributed by atoms with Crippen molar-refractivity contribution in [2.75, 3.05) is 6.54 Å². The van der Waals surface area contributed by atoms with Gasteiger partial charge in [0.1, 0.15) is 0 Å². The largest absolute Gasteiger partial charge is 0.355 e. The number of nitrogens with zero attached hydrogens (tertiary/aromatic N) is 1. The first kappa shape index (κ1) is 19.7. The van der Waals surface area contributed by atoms with Crippen LogP contribution in [0.15, 0.2) is 0 Å². The first-order chi connectivity index (χ1) is 9.56. The normalized spacial score (nSPS) is 28.9. The number of carbonyl (C=O) groups is 1. The monoisotopic (exact) mass is 365 g/mol. The van der Waals surface area contributed by atoms with Crippen LogP contribution in [-0.4, -0.2) is 23.5 Å². The van der Waals surface area contributed by atoms with Gasteiger partial charge in [-0.05, 0) is 44.9 Å². The van der Waals surface area contributed by atoms with Gasteiger partial charge in [0, 0.05) is 23.9 Å². The number of nitrogens with one attached hydrogen (secondary N) is 1. The zero-order valence-corrected chi connectivity index (χ0v) is 15.5. The highest BCUT2D eigenvalue weighted by atomic mass is 35.5. The molecular formula is C15H25Cl2N3OS. The Hall–Kier alpha value is -0.360. The van der Waals surface area contributed by atoms with Crippen molar-refractivity contribution in [3.05, 3.63) is 15.6 Å². The fourth-order valence-corrected chi connectivity index (χ4v) is 4.71. The van der Waals surface area contributed by atoms with Gasteiger partial charge in [-0.25, -0.2) is 4.98 Å². The molecule has 1 heterocycles. The summed E-state index contributed by atoms with van der Waals surface area (Å²) in [6.07, 6.45) is 4.37. The van der Waals surface area contributed by atoms with E-state index in [1.165, 1.54) is 17.7 Å². The van der Waals surface area contributed by atoms with Gasteiger partial charge in [-0.2, -0.15) is 0 Å². The molecule has 2 aliphatic rings. The third-order valence-electron chi connectivity index (χ3n) is 4.99. The maximum atomic E-state index is 12.3. The van der Waals surface area contributed by atoms with E-state index in [0.29, 0.717) is 18.4 Å². The van der Waals surface area contributed by atoms with Crippen LogP contribution in [0.2, 0.25) is 0 Å². The number of aryl methyl sites for hydroxylation is 2. The topological polar surface area (TPSA) is 68.0 Å². The summed E-state index contributed by atoms with van der Waals surface area (Å²) in [5.41, 5.74) is 7.30. The summed E-state index contributed by atoms with van der Waals surface area (Å²) in [5.74, 6) is 1.32. The number of hydrogen-bond acceptors (Lipinski definition) is 4.